The topological polar surface area (TPSA) is 24.5 Å². The summed E-state index contributed by atoms with van der Waals surface area (Å²) in [5.74, 6) is 0. The van der Waals surface area contributed by atoms with Crippen LogP contribution in [0.25, 0.3) is 0 Å². The lowest BCUT2D eigenvalue weighted by atomic mass is 9.98. The summed E-state index contributed by atoms with van der Waals surface area (Å²) in [5.41, 5.74) is 0. The molecule has 0 radical (unpaired) electrons. The lowest BCUT2D eigenvalue weighted by molar-refractivity contribution is 0.116. The van der Waals surface area contributed by atoms with E-state index in [1.54, 1.807) is 0 Å². The van der Waals surface area contributed by atoms with E-state index < -0.39 is 0 Å². The molecule has 2 rings (SSSR count). The number of hydrogen-bond acceptors (Lipinski definition) is 3. The van der Waals surface area contributed by atoms with Crippen molar-refractivity contribution in [1.82, 2.24) is 10.2 Å². The van der Waals surface area contributed by atoms with Crippen LogP contribution in [0.2, 0.25) is 0 Å². The molecule has 0 amide bonds. The van der Waals surface area contributed by atoms with Crippen LogP contribution in [0.15, 0.2) is 0 Å². The fourth-order valence-electron chi connectivity index (χ4n) is 3.26. The van der Waals surface area contributed by atoms with E-state index in [2.05, 4.69) is 24.2 Å². The monoisotopic (exact) mass is 240 g/mol. The van der Waals surface area contributed by atoms with Gasteiger partial charge in [0, 0.05) is 31.3 Å². The molecular formula is C14H28N2O. The Morgan fingerprint density at radius 3 is 2.53 bits per heavy atom. The lowest BCUT2D eigenvalue weighted by Crippen LogP contribution is -2.47. The minimum Gasteiger partial charge on any atom is -0.380 e. The van der Waals surface area contributed by atoms with Crippen molar-refractivity contribution in [2.45, 2.75) is 63.6 Å². The van der Waals surface area contributed by atoms with Gasteiger partial charge in [0.2, 0.25) is 0 Å². The summed E-state index contributed by atoms with van der Waals surface area (Å²) in [6, 6.07) is 2.41. The van der Waals surface area contributed by atoms with Crippen LogP contribution in [0.1, 0.15) is 45.4 Å². The van der Waals surface area contributed by atoms with Gasteiger partial charge in [-0.15, -0.1) is 0 Å². The molecule has 17 heavy (non-hydrogen) atoms. The molecule has 2 saturated heterocycles. The van der Waals surface area contributed by atoms with Crippen molar-refractivity contribution in [2.75, 3.05) is 26.8 Å². The number of fused-ring (bicyclic) bond motifs is 2. The first kappa shape index (κ1) is 13.3. The average molecular weight is 240 g/mol. The predicted octanol–water partition coefficient (Wildman–Crippen LogP) is 2.02. The maximum Gasteiger partial charge on any atom is 0.0591 e. The van der Waals surface area contributed by atoms with Crippen molar-refractivity contribution in [2.24, 2.45) is 0 Å². The van der Waals surface area contributed by atoms with E-state index in [1.807, 2.05) is 0 Å². The van der Waals surface area contributed by atoms with Gasteiger partial charge >= 0.3 is 0 Å². The third-order valence-electron chi connectivity index (χ3n) is 4.42. The second-order valence-electron chi connectivity index (χ2n) is 5.64. The number of rotatable bonds is 7. The van der Waals surface area contributed by atoms with E-state index in [9.17, 15) is 0 Å². The minimum absolute atomic E-state index is 0.735. The fraction of sp³-hybridized carbons (Fsp3) is 1.00. The third-order valence-corrected chi connectivity index (χ3v) is 4.42. The first-order valence-electron chi connectivity index (χ1n) is 7.34. The van der Waals surface area contributed by atoms with Crippen molar-refractivity contribution in [3.63, 3.8) is 0 Å². The smallest absolute Gasteiger partial charge is 0.0591 e. The third kappa shape index (κ3) is 3.67. The number of nitrogens with zero attached hydrogens (tertiary/aromatic N) is 1. The first-order valence-corrected chi connectivity index (χ1v) is 7.34. The van der Waals surface area contributed by atoms with Crippen LogP contribution < -0.4 is 5.32 Å². The predicted molar refractivity (Wildman–Crippen MR) is 71.3 cm³/mol. The SMILES string of the molecule is CCCCOCCNC1CC2CCC(C1)N2C. The molecule has 0 spiro atoms. The second-order valence-corrected chi connectivity index (χ2v) is 5.64. The molecule has 2 bridgehead atoms. The molecule has 0 aromatic carbocycles. The van der Waals surface area contributed by atoms with Crippen LogP contribution in [0, 0.1) is 0 Å². The Hall–Kier alpha value is -0.120. The molecule has 2 unspecified atom stereocenters. The number of nitrogens with one attached hydrogen (secondary N) is 1. The summed E-state index contributed by atoms with van der Waals surface area (Å²) in [7, 11) is 2.30. The van der Waals surface area contributed by atoms with Crippen molar-refractivity contribution < 1.29 is 4.74 Å². The Morgan fingerprint density at radius 2 is 1.88 bits per heavy atom. The van der Waals surface area contributed by atoms with Crippen molar-refractivity contribution in [1.29, 1.82) is 0 Å². The van der Waals surface area contributed by atoms with E-state index in [-0.39, 0.29) is 0 Å². The van der Waals surface area contributed by atoms with E-state index in [0.29, 0.717) is 0 Å². The number of unbranched alkanes of at least 4 members (excludes halogenated alkanes) is 1. The van der Waals surface area contributed by atoms with Crippen LogP contribution in [0.3, 0.4) is 0 Å². The van der Waals surface area contributed by atoms with Crippen molar-refractivity contribution in [3.8, 4) is 0 Å². The maximum atomic E-state index is 5.58. The van der Waals surface area contributed by atoms with Gasteiger partial charge in [-0.25, -0.2) is 0 Å². The standard InChI is InChI=1S/C14H28N2O/c1-3-4-8-17-9-7-15-12-10-13-5-6-14(11-12)16(13)2/h12-15H,3-11H2,1-2H3. The Bertz CT molecular complexity index is 208. The van der Waals surface area contributed by atoms with Gasteiger partial charge in [0.15, 0.2) is 0 Å². The highest BCUT2D eigenvalue weighted by Crippen LogP contribution is 2.33. The molecule has 3 heteroatoms. The molecule has 2 aliphatic heterocycles. The number of piperidine rings is 1. The molecule has 2 heterocycles. The van der Waals surface area contributed by atoms with Crippen LogP contribution in [0.5, 0.6) is 0 Å². The van der Waals surface area contributed by atoms with Crippen LogP contribution >= 0.6 is 0 Å². The Balaban J connectivity index is 1.55. The molecule has 0 aromatic rings. The zero-order chi connectivity index (χ0) is 12.1. The first-order chi connectivity index (χ1) is 8.31. The molecule has 3 nitrogen and oxygen atoms in total. The van der Waals surface area contributed by atoms with Crippen molar-refractivity contribution >= 4 is 0 Å². The van der Waals surface area contributed by atoms with Gasteiger partial charge in [-0.05, 0) is 39.2 Å². The van der Waals surface area contributed by atoms with Gasteiger partial charge in [0.25, 0.3) is 0 Å². The molecule has 100 valence electrons. The normalized spacial score (nSPS) is 33.2. The molecule has 2 atom stereocenters. The van der Waals surface area contributed by atoms with Gasteiger partial charge in [-0.3, -0.25) is 0 Å². The Labute approximate surface area is 106 Å². The average Bonchev–Trinajstić information content (AvgIpc) is 2.55. The quantitative estimate of drug-likeness (QED) is 0.689. The molecule has 0 saturated carbocycles. The summed E-state index contributed by atoms with van der Waals surface area (Å²) < 4.78 is 5.58. The Morgan fingerprint density at radius 1 is 1.18 bits per heavy atom. The molecule has 0 aromatic heterocycles. The van der Waals surface area contributed by atoms with Crippen LogP contribution in [-0.4, -0.2) is 49.8 Å². The van der Waals surface area contributed by atoms with Crippen LogP contribution in [-0.2, 0) is 4.74 Å². The summed E-state index contributed by atoms with van der Waals surface area (Å²) in [4.78, 5) is 2.59. The molecule has 2 fully saturated rings. The fourth-order valence-corrected chi connectivity index (χ4v) is 3.26. The van der Waals surface area contributed by atoms with Gasteiger partial charge in [0.1, 0.15) is 0 Å². The van der Waals surface area contributed by atoms with Crippen molar-refractivity contribution in [3.05, 3.63) is 0 Å². The maximum absolute atomic E-state index is 5.58. The summed E-state index contributed by atoms with van der Waals surface area (Å²) in [5, 5.41) is 3.67. The molecular weight excluding hydrogens is 212 g/mol. The second kappa shape index (κ2) is 6.72. The number of hydrogen-bond donors (Lipinski definition) is 1. The highest BCUT2D eigenvalue weighted by Gasteiger charge is 2.37. The molecule has 2 aliphatic rings. The van der Waals surface area contributed by atoms with E-state index in [4.69, 9.17) is 4.74 Å². The molecule has 0 aliphatic carbocycles. The summed E-state index contributed by atoms with van der Waals surface area (Å²) >= 11 is 0. The number of ether oxygens (including phenoxy) is 1. The largest absolute Gasteiger partial charge is 0.380 e. The Kier molecular flexibility index (Phi) is 5.26. The van der Waals surface area contributed by atoms with E-state index in [1.165, 1.54) is 38.5 Å². The summed E-state index contributed by atoms with van der Waals surface area (Å²) in [6.07, 6.45) is 7.91. The van der Waals surface area contributed by atoms with Crippen LogP contribution in [0.4, 0.5) is 0 Å². The lowest BCUT2D eigenvalue weighted by Gasteiger charge is -2.36. The minimum atomic E-state index is 0.735. The van der Waals surface area contributed by atoms with E-state index >= 15 is 0 Å². The molecule has 1 N–H and O–H groups in total. The zero-order valence-corrected chi connectivity index (χ0v) is 11.5. The van der Waals surface area contributed by atoms with Gasteiger partial charge in [-0.1, -0.05) is 13.3 Å². The van der Waals surface area contributed by atoms with Gasteiger partial charge in [-0.2, -0.15) is 0 Å². The highest BCUT2D eigenvalue weighted by molar-refractivity contribution is 4.95. The highest BCUT2D eigenvalue weighted by atomic mass is 16.5. The summed E-state index contributed by atoms with van der Waals surface area (Å²) in [6.45, 7) is 5.03. The zero-order valence-electron chi connectivity index (χ0n) is 11.5. The van der Waals surface area contributed by atoms with E-state index in [0.717, 1.165) is 37.9 Å². The van der Waals surface area contributed by atoms with Gasteiger partial charge < -0.3 is 15.0 Å². The van der Waals surface area contributed by atoms with Gasteiger partial charge in [0.05, 0.1) is 6.61 Å².